The average molecular weight is 240 g/mol. The Morgan fingerprint density at radius 1 is 1.44 bits per heavy atom. The first-order chi connectivity index (χ1) is 8.79. The van der Waals surface area contributed by atoms with E-state index in [9.17, 15) is 4.79 Å². The lowest BCUT2D eigenvalue weighted by Gasteiger charge is -2.04. The smallest absolute Gasteiger partial charge is 0.252 e. The second-order valence-electron chi connectivity index (χ2n) is 3.75. The largest absolute Gasteiger partial charge is 0.365 e. The maximum absolute atomic E-state index is 11.7. The predicted octanol–water partition coefficient (Wildman–Crippen LogP) is 1.25. The van der Waals surface area contributed by atoms with Crippen LogP contribution >= 0.6 is 0 Å². The first-order valence-corrected chi connectivity index (χ1v) is 5.56. The highest BCUT2D eigenvalue weighted by Crippen LogP contribution is 2.00. The first-order valence-electron chi connectivity index (χ1n) is 5.56. The quantitative estimate of drug-likeness (QED) is 0.843. The number of hydrogen-bond donors (Lipinski definition) is 2. The van der Waals surface area contributed by atoms with Gasteiger partial charge >= 0.3 is 0 Å². The van der Waals surface area contributed by atoms with E-state index in [1.54, 1.807) is 6.07 Å². The molecule has 0 saturated heterocycles. The van der Waals surface area contributed by atoms with Gasteiger partial charge in [-0.15, -0.1) is 0 Å². The second kappa shape index (κ2) is 5.64. The minimum absolute atomic E-state index is 0.182. The van der Waals surface area contributed by atoms with Gasteiger partial charge in [0.1, 0.15) is 11.8 Å². The number of amides is 1. The van der Waals surface area contributed by atoms with Gasteiger partial charge in [0.15, 0.2) is 0 Å². The van der Waals surface area contributed by atoms with Crippen molar-refractivity contribution in [3.05, 3.63) is 53.6 Å². The molecule has 0 aliphatic carbocycles. The molecule has 18 heavy (non-hydrogen) atoms. The van der Waals surface area contributed by atoms with E-state index in [-0.39, 0.29) is 5.91 Å². The Kier molecular flexibility index (Phi) is 3.72. The Hall–Kier alpha value is -2.61. The van der Waals surface area contributed by atoms with E-state index < -0.39 is 0 Å². The SMILES string of the molecule is N#Cc1ccc(C(=O)NCCc2ccc[nH]2)cn1. The number of nitrogens with one attached hydrogen (secondary N) is 2. The third-order valence-corrected chi connectivity index (χ3v) is 2.48. The molecule has 0 aromatic carbocycles. The lowest BCUT2D eigenvalue weighted by atomic mass is 10.2. The van der Waals surface area contributed by atoms with Crippen molar-refractivity contribution in [2.75, 3.05) is 6.54 Å². The van der Waals surface area contributed by atoms with Crippen LogP contribution in [-0.2, 0) is 6.42 Å². The molecule has 0 fully saturated rings. The monoisotopic (exact) mass is 240 g/mol. The number of rotatable bonds is 4. The molecule has 2 heterocycles. The number of nitriles is 1. The van der Waals surface area contributed by atoms with E-state index in [0.717, 1.165) is 12.1 Å². The van der Waals surface area contributed by atoms with Gasteiger partial charge in [-0.3, -0.25) is 4.79 Å². The zero-order valence-electron chi connectivity index (χ0n) is 9.68. The molecule has 0 aliphatic heterocycles. The van der Waals surface area contributed by atoms with Crippen LogP contribution in [0.1, 0.15) is 21.7 Å². The summed E-state index contributed by atoms with van der Waals surface area (Å²) in [6.07, 6.45) is 4.01. The second-order valence-corrected chi connectivity index (χ2v) is 3.75. The summed E-state index contributed by atoms with van der Waals surface area (Å²) in [5.41, 5.74) is 1.84. The molecule has 5 nitrogen and oxygen atoms in total. The molecule has 0 atom stereocenters. The number of carbonyl (C=O) groups is 1. The Morgan fingerprint density at radius 2 is 2.33 bits per heavy atom. The van der Waals surface area contributed by atoms with Crippen LogP contribution in [0.15, 0.2) is 36.7 Å². The Balaban J connectivity index is 1.86. The van der Waals surface area contributed by atoms with Gasteiger partial charge in [0, 0.05) is 31.1 Å². The zero-order chi connectivity index (χ0) is 12.8. The lowest BCUT2D eigenvalue weighted by Crippen LogP contribution is -2.25. The van der Waals surface area contributed by atoms with E-state index in [4.69, 9.17) is 5.26 Å². The number of aromatic amines is 1. The third-order valence-electron chi connectivity index (χ3n) is 2.48. The average Bonchev–Trinajstić information content (AvgIpc) is 2.92. The molecule has 2 aromatic rings. The summed E-state index contributed by atoms with van der Waals surface area (Å²) in [5.74, 6) is -0.182. The minimum Gasteiger partial charge on any atom is -0.365 e. The van der Waals surface area contributed by atoms with Gasteiger partial charge in [0.2, 0.25) is 0 Å². The third kappa shape index (κ3) is 2.95. The van der Waals surface area contributed by atoms with Gasteiger partial charge in [-0.25, -0.2) is 4.98 Å². The molecule has 90 valence electrons. The molecular weight excluding hydrogens is 228 g/mol. The molecule has 0 saturated carbocycles. The Bertz CT molecular complexity index is 552. The zero-order valence-corrected chi connectivity index (χ0v) is 9.68. The van der Waals surface area contributed by atoms with Crippen molar-refractivity contribution in [2.45, 2.75) is 6.42 Å². The fraction of sp³-hybridized carbons (Fsp3) is 0.154. The number of carbonyl (C=O) groups excluding carboxylic acids is 1. The summed E-state index contributed by atoms with van der Waals surface area (Å²) in [6, 6.07) is 8.91. The maximum atomic E-state index is 11.7. The van der Waals surface area contributed by atoms with Crippen molar-refractivity contribution in [2.24, 2.45) is 0 Å². The fourth-order valence-electron chi connectivity index (χ4n) is 1.53. The molecule has 0 radical (unpaired) electrons. The van der Waals surface area contributed by atoms with E-state index in [1.165, 1.54) is 12.3 Å². The molecule has 2 N–H and O–H groups in total. The molecule has 0 bridgehead atoms. The van der Waals surface area contributed by atoms with E-state index in [0.29, 0.717) is 17.8 Å². The molecule has 2 rings (SSSR count). The Labute approximate surface area is 104 Å². The molecule has 0 aliphatic rings. The first kappa shape index (κ1) is 11.9. The van der Waals surface area contributed by atoms with Crippen molar-refractivity contribution < 1.29 is 4.79 Å². The van der Waals surface area contributed by atoms with Gasteiger partial charge in [-0.2, -0.15) is 5.26 Å². The number of aromatic nitrogens is 2. The molecule has 0 unspecified atom stereocenters. The standard InChI is InChI=1S/C13H12N4O/c14-8-12-4-3-10(9-17-12)13(18)16-7-5-11-2-1-6-15-11/h1-4,6,9,15H,5,7H2,(H,16,18). The van der Waals surface area contributed by atoms with Crippen LogP contribution in [0.5, 0.6) is 0 Å². The van der Waals surface area contributed by atoms with Crippen LogP contribution in [0.4, 0.5) is 0 Å². The molecule has 1 amide bonds. The molecule has 0 spiro atoms. The van der Waals surface area contributed by atoms with Crippen molar-refractivity contribution in [1.29, 1.82) is 5.26 Å². The lowest BCUT2D eigenvalue weighted by molar-refractivity contribution is 0.0953. The van der Waals surface area contributed by atoms with Gasteiger partial charge < -0.3 is 10.3 Å². The summed E-state index contributed by atoms with van der Waals surface area (Å²) in [4.78, 5) is 18.6. The fourth-order valence-corrected chi connectivity index (χ4v) is 1.53. The number of pyridine rings is 1. The van der Waals surface area contributed by atoms with E-state index >= 15 is 0 Å². The van der Waals surface area contributed by atoms with Gasteiger partial charge in [0.05, 0.1) is 5.56 Å². The van der Waals surface area contributed by atoms with Gasteiger partial charge in [-0.05, 0) is 24.3 Å². The van der Waals surface area contributed by atoms with Gasteiger partial charge in [-0.1, -0.05) is 0 Å². The summed E-state index contributed by atoms with van der Waals surface area (Å²) in [7, 11) is 0. The van der Waals surface area contributed by atoms with Crippen molar-refractivity contribution >= 4 is 5.91 Å². The van der Waals surface area contributed by atoms with Crippen LogP contribution in [0, 0.1) is 11.3 Å². The minimum atomic E-state index is -0.182. The van der Waals surface area contributed by atoms with Crippen molar-refractivity contribution in [3.8, 4) is 6.07 Å². The van der Waals surface area contributed by atoms with Crippen LogP contribution in [0.25, 0.3) is 0 Å². The van der Waals surface area contributed by atoms with E-state index in [2.05, 4.69) is 15.3 Å². The summed E-state index contributed by atoms with van der Waals surface area (Å²) in [6.45, 7) is 0.555. The van der Waals surface area contributed by atoms with Gasteiger partial charge in [0.25, 0.3) is 5.91 Å². The van der Waals surface area contributed by atoms with Crippen LogP contribution in [-0.4, -0.2) is 22.4 Å². The van der Waals surface area contributed by atoms with Crippen LogP contribution < -0.4 is 5.32 Å². The normalized spacial score (nSPS) is 9.72. The van der Waals surface area contributed by atoms with Crippen molar-refractivity contribution in [3.63, 3.8) is 0 Å². The number of hydrogen-bond acceptors (Lipinski definition) is 3. The van der Waals surface area contributed by atoms with Crippen molar-refractivity contribution in [1.82, 2.24) is 15.3 Å². The highest BCUT2D eigenvalue weighted by molar-refractivity contribution is 5.93. The van der Waals surface area contributed by atoms with Crippen LogP contribution in [0.2, 0.25) is 0 Å². The highest BCUT2D eigenvalue weighted by atomic mass is 16.1. The summed E-state index contributed by atoms with van der Waals surface area (Å²) < 4.78 is 0. The summed E-state index contributed by atoms with van der Waals surface area (Å²) >= 11 is 0. The topological polar surface area (TPSA) is 81.6 Å². The maximum Gasteiger partial charge on any atom is 0.252 e. The summed E-state index contributed by atoms with van der Waals surface area (Å²) in [5, 5.41) is 11.4. The highest BCUT2D eigenvalue weighted by Gasteiger charge is 2.05. The number of nitrogens with zero attached hydrogens (tertiary/aromatic N) is 2. The molecule has 2 aromatic heterocycles. The molecule has 5 heteroatoms. The van der Waals surface area contributed by atoms with E-state index in [1.807, 2.05) is 24.4 Å². The Morgan fingerprint density at radius 3 is 2.94 bits per heavy atom. The van der Waals surface area contributed by atoms with Crippen LogP contribution in [0.3, 0.4) is 0 Å². The predicted molar refractivity (Wildman–Crippen MR) is 65.8 cm³/mol. The number of H-pyrrole nitrogens is 1. The molecular formula is C13H12N4O.